The Balaban J connectivity index is 1.57. The molecule has 0 N–H and O–H groups in total. The number of carbonyl (C=O) groups excluding carboxylic acids is 1. The first-order valence-electron chi connectivity index (χ1n) is 9.97. The van der Waals surface area contributed by atoms with Crippen molar-refractivity contribution < 1.29 is 13.2 Å². The van der Waals surface area contributed by atoms with Gasteiger partial charge in [0.05, 0.1) is 11.4 Å². The van der Waals surface area contributed by atoms with E-state index in [0.29, 0.717) is 24.0 Å². The smallest absolute Gasteiger partial charge is 0.243 e. The largest absolute Gasteiger partial charge is 0.342 e. The lowest BCUT2D eigenvalue weighted by molar-refractivity contribution is -0.132. The van der Waals surface area contributed by atoms with E-state index in [1.807, 2.05) is 6.07 Å². The molecule has 0 atom stereocenters. The fourth-order valence-electron chi connectivity index (χ4n) is 3.71. The number of amides is 1. The Morgan fingerprint density at radius 1 is 1.07 bits per heavy atom. The molecule has 7 heteroatoms. The molecule has 1 heterocycles. The van der Waals surface area contributed by atoms with Crippen LogP contribution in [0.15, 0.2) is 59.5 Å². The molecule has 1 aliphatic rings. The van der Waals surface area contributed by atoms with Crippen LogP contribution in [0.4, 0.5) is 0 Å². The molecule has 0 aliphatic carbocycles. The molecule has 1 amide bonds. The summed E-state index contributed by atoms with van der Waals surface area (Å²) < 4.78 is 27.0. The minimum Gasteiger partial charge on any atom is -0.342 e. The van der Waals surface area contributed by atoms with Gasteiger partial charge in [-0.3, -0.25) is 4.79 Å². The molecule has 1 saturated heterocycles. The standard InChI is InChI=1S/C22H27ClN2O3S/c1-2-25(29(27,28)21-10-8-20(23)9-11-21)17-22(26)24-14-12-19(13-15-24)16-18-6-4-3-5-7-18/h3-11,19H,2,12-17H2,1H3. The molecule has 0 saturated carbocycles. The Labute approximate surface area is 178 Å². The highest BCUT2D eigenvalue weighted by Crippen LogP contribution is 2.23. The van der Waals surface area contributed by atoms with Crippen LogP contribution in [-0.2, 0) is 21.2 Å². The summed E-state index contributed by atoms with van der Waals surface area (Å²) in [5.41, 5.74) is 1.32. The molecule has 0 spiro atoms. The number of rotatable bonds is 7. The van der Waals surface area contributed by atoms with Crippen molar-refractivity contribution in [3.8, 4) is 0 Å². The molecule has 1 fully saturated rings. The van der Waals surface area contributed by atoms with Crippen molar-refractivity contribution in [2.24, 2.45) is 5.92 Å². The maximum absolute atomic E-state index is 12.9. The summed E-state index contributed by atoms with van der Waals surface area (Å²) in [6.45, 7) is 3.20. The molecule has 0 radical (unpaired) electrons. The van der Waals surface area contributed by atoms with E-state index >= 15 is 0 Å². The molecule has 29 heavy (non-hydrogen) atoms. The monoisotopic (exact) mass is 434 g/mol. The molecule has 1 aliphatic heterocycles. The fraction of sp³-hybridized carbons (Fsp3) is 0.409. The average molecular weight is 435 g/mol. The lowest BCUT2D eigenvalue weighted by Gasteiger charge is -2.33. The molecule has 2 aromatic carbocycles. The topological polar surface area (TPSA) is 57.7 Å². The van der Waals surface area contributed by atoms with Crippen molar-refractivity contribution in [2.75, 3.05) is 26.2 Å². The molecule has 2 aromatic rings. The Morgan fingerprint density at radius 3 is 2.28 bits per heavy atom. The van der Waals surface area contributed by atoms with Crippen LogP contribution in [0.1, 0.15) is 25.3 Å². The molecule has 0 bridgehead atoms. The van der Waals surface area contributed by atoms with Crippen molar-refractivity contribution in [1.29, 1.82) is 0 Å². The van der Waals surface area contributed by atoms with Gasteiger partial charge in [-0.15, -0.1) is 0 Å². The minimum absolute atomic E-state index is 0.134. The van der Waals surface area contributed by atoms with Gasteiger partial charge in [0.25, 0.3) is 0 Å². The summed E-state index contributed by atoms with van der Waals surface area (Å²) in [6, 6.07) is 16.4. The summed E-state index contributed by atoms with van der Waals surface area (Å²) in [5.74, 6) is 0.420. The van der Waals surface area contributed by atoms with Gasteiger partial charge >= 0.3 is 0 Å². The van der Waals surface area contributed by atoms with Crippen LogP contribution in [0, 0.1) is 5.92 Å². The Bertz CT molecular complexity index is 909. The van der Waals surface area contributed by atoms with Gasteiger partial charge < -0.3 is 4.90 Å². The number of nitrogens with zero attached hydrogens (tertiary/aromatic N) is 2. The number of hydrogen-bond donors (Lipinski definition) is 0. The van der Waals surface area contributed by atoms with Crippen LogP contribution >= 0.6 is 11.6 Å². The van der Waals surface area contributed by atoms with E-state index in [4.69, 9.17) is 11.6 Å². The van der Waals surface area contributed by atoms with Crippen molar-refractivity contribution >= 4 is 27.5 Å². The van der Waals surface area contributed by atoms with E-state index in [0.717, 1.165) is 19.3 Å². The molecular formula is C22H27ClN2O3S. The number of piperidine rings is 1. The van der Waals surface area contributed by atoms with Crippen molar-refractivity contribution in [3.05, 3.63) is 65.2 Å². The fourth-order valence-corrected chi connectivity index (χ4v) is 5.23. The van der Waals surface area contributed by atoms with Gasteiger partial charge in [-0.1, -0.05) is 48.9 Å². The number of likely N-dealkylation sites (N-methyl/N-ethyl adjacent to an activating group) is 1. The third-order valence-electron chi connectivity index (χ3n) is 5.45. The summed E-state index contributed by atoms with van der Waals surface area (Å²) in [7, 11) is -3.73. The van der Waals surface area contributed by atoms with E-state index < -0.39 is 10.0 Å². The first kappa shape index (κ1) is 21.8. The molecule has 0 unspecified atom stereocenters. The van der Waals surface area contributed by atoms with Crippen molar-refractivity contribution in [1.82, 2.24) is 9.21 Å². The molecule has 156 valence electrons. The van der Waals surface area contributed by atoms with Gasteiger partial charge in [0.15, 0.2) is 0 Å². The summed E-state index contributed by atoms with van der Waals surface area (Å²) >= 11 is 5.85. The number of likely N-dealkylation sites (tertiary alicyclic amines) is 1. The van der Waals surface area contributed by atoms with Crippen LogP contribution in [0.3, 0.4) is 0 Å². The third-order valence-corrected chi connectivity index (χ3v) is 7.64. The summed E-state index contributed by atoms with van der Waals surface area (Å²) in [5, 5.41) is 0.474. The number of halogens is 1. The zero-order valence-electron chi connectivity index (χ0n) is 16.6. The van der Waals surface area contributed by atoms with Crippen molar-refractivity contribution in [3.63, 3.8) is 0 Å². The van der Waals surface area contributed by atoms with E-state index in [1.54, 1.807) is 24.0 Å². The Kier molecular flexibility index (Phi) is 7.33. The highest BCUT2D eigenvalue weighted by atomic mass is 35.5. The van der Waals surface area contributed by atoms with Crippen LogP contribution in [0.2, 0.25) is 5.02 Å². The van der Waals surface area contributed by atoms with Gasteiger partial charge in [-0.2, -0.15) is 4.31 Å². The molecule has 3 rings (SSSR count). The maximum Gasteiger partial charge on any atom is 0.243 e. The second-order valence-electron chi connectivity index (χ2n) is 7.40. The third kappa shape index (κ3) is 5.59. The molecule has 5 nitrogen and oxygen atoms in total. The zero-order chi connectivity index (χ0) is 20.9. The number of hydrogen-bond acceptors (Lipinski definition) is 3. The van der Waals surface area contributed by atoms with Crippen LogP contribution < -0.4 is 0 Å². The molecule has 0 aromatic heterocycles. The van der Waals surface area contributed by atoms with Crippen LogP contribution in [0.25, 0.3) is 0 Å². The minimum atomic E-state index is -3.73. The van der Waals surface area contributed by atoms with Crippen LogP contribution in [-0.4, -0.2) is 49.7 Å². The predicted octanol–water partition coefficient (Wildman–Crippen LogP) is 3.83. The Hall–Kier alpha value is -1.89. The van der Waals surface area contributed by atoms with Gasteiger partial charge in [-0.25, -0.2) is 8.42 Å². The number of sulfonamides is 1. The second kappa shape index (κ2) is 9.74. The van der Waals surface area contributed by atoms with Gasteiger partial charge in [0.1, 0.15) is 0 Å². The summed E-state index contributed by atoms with van der Waals surface area (Å²) in [6.07, 6.45) is 2.91. The highest BCUT2D eigenvalue weighted by molar-refractivity contribution is 7.89. The average Bonchev–Trinajstić information content (AvgIpc) is 2.73. The van der Waals surface area contributed by atoms with Crippen LogP contribution in [0.5, 0.6) is 0 Å². The van der Waals surface area contributed by atoms with Gasteiger partial charge in [-0.05, 0) is 55.0 Å². The SMILES string of the molecule is CCN(CC(=O)N1CCC(Cc2ccccc2)CC1)S(=O)(=O)c1ccc(Cl)cc1. The lowest BCUT2D eigenvalue weighted by atomic mass is 9.90. The number of carbonyl (C=O) groups is 1. The Morgan fingerprint density at radius 2 is 1.69 bits per heavy atom. The number of benzene rings is 2. The van der Waals surface area contributed by atoms with E-state index in [9.17, 15) is 13.2 Å². The summed E-state index contributed by atoms with van der Waals surface area (Å²) in [4.78, 5) is 14.7. The normalized spacial score (nSPS) is 15.6. The van der Waals surface area contributed by atoms with E-state index in [1.165, 1.54) is 22.0 Å². The lowest BCUT2D eigenvalue weighted by Crippen LogP contribution is -2.45. The first-order valence-corrected chi connectivity index (χ1v) is 11.8. The predicted molar refractivity (Wildman–Crippen MR) is 115 cm³/mol. The van der Waals surface area contributed by atoms with Gasteiger partial charge in [0.2, 0.25) is 15.9 Å². The van der Waals surface area contributed by atoms with E-state index in [2.05, 4.69) is 24.3 Å². The quantitative estimate of drug-likeness (QED) is 0.665. The maximum atomic E-state index is 12.9. The highest BCUT2D eigenvalue weighted by Gasteiger charge is 2.29. The van der Waals surface area contributed by atoms with Crippen molar-refractivity contribution in [2.45, 2.75) is 31.1 Å². The molecular weight excluding hydrogens is 408 g/mol. The first-order chi connectivity index (χ1) is 13.9. The van der Waals surface area contributed by atoms with Gasteiger partial charge in [0, 0.05) is 24.7 Å². The van der Waals surface area contributed by atoms with E-state index in [-0.39, 0.29) is 23.9 Å². The zero-order valence-corrected chi connectivity index (χ0v) is 18.2. The second-order valence-corrected chi connectivity index (χ2v) is 9.77.